The van der Waals surface area contributed by atoms with Gasteiger partial charge in [-0.15, -0.1) is 0 Å². The van der Waals surface area contributed by atoms with E-state index in [9.17, 15) is 4.79 Å². The molecule has 0 radical (unpaired) electrons. The molecule has 2 rings (SSSR count). The van der Waals surface area contributed by atoms with E-state index in [-0.39, 0.29) is 12.2 Å². The van der Waals surface area contributed by atoms with Gasteiger partial charge < -0.3 is 10.5 Å². The van der Waals surface area contributed by atoms with Crippen LogP contribution in [0, 0.1) is 13.8 Å². The molecule has 0 spiro atoms. The molecule has 0 bridgehead atoms. The van der Waals surface area contributed by atoms with Gasteiger partial charge in [-0.3, -0.25) is 4.90 Å². The monoisotopic (exact) mass is 234 g/mol. The Morgan fingerprint density at radius 3 is 2.76 bits per heavy atom. The van der Waals surface area contributed by atoms with E-state index < -0.39 is 0 Å². The number of nitrogens with zero attached hydrogens (tertiary/aromatic N) is 1. The van der Waals surface area contributed by atoms with Crippen molar-refractivity contribution in [3.8, 4) is 0 Å². The van der Waals surface area contributed by atoms with E-state index in [1.54, 1.807) is 4.90 Å². The number of carbonyl (C=O) groups excluding carboxylic acids is 1. The molecule has 1 aliphatic heterocycles. The van der Waals surface area contributed by atoms with Crippen molar-refractivity contribution in [3.05, 3.63) is 29.3 Å². The largest absolute Gasteiger partial charge is 0.444 e. The lowest BCUT2D eigenvalue weighted by Gasteiger charge is -2.31. The lowest BCUT2D eigenvalue weighted by molar-refractivity contribution is 0.0888. The Kier molecular flexibility index (Phi) is 3.33. The molecule has 4 nitrogen and oxygen atoms in total. The van der Waals surface area contributed by atoms with Crippen molar-refractivity contribution >= 4 is 11.8 Å². The lowest BCUT2D eigenvalue weighted by atomic mass is 10.1. The summed E-state index contributed by atoms with van der Waals surface area (Å²) in [6.45, 7) is 5.16. The van der Waals surface area contributed by atoms with E-state index >= 15 is 0 Å². The summed E-state index contributed by atoms with van der Waals surface area (Å²) in [5, 5.41) is 0. The summed E-state index contributed by atoms with van der Waals surface area (Å²) in [6.07, 6.45) is 0.357. The van der Waals surface area contributed by atoms with Gasteiger partial charge in [0.2, 0.25) is 0 Å². The van der Waals surface area contributed by atoms with Crippen LogP contribution in [0.5, 0.6) is 0 Å². The molecule has 92 valence electrons. The van der Waals surface area contributed by atoms with Gasteiger partial charge in [0.25, 0.3) is 0 Å². The summed E-state index contributed by atoms with van der Waals surface area (Å²) >= 11 is 0. The van der Waals surface area contributed by atoms with Crippen molar-refractivity contribution in [1.29, 1.82) is 0 Å². The van der Waals surface area contributed by atoms with Crippen LogP contribution in [0.3, 0.4) is 0 Å². The lowest BCUT2D eigenvalue weighted by Crippen LogP contribution is -2.44. The molecule has 0 aromatic heterocycles. The molecule has 17 heavy (non-hydrogen) atoms. The second-order valence-corrected chi connectivity index (χ2v) is 4.45. The number of carbonyl (C=O) groups is 1. The minimum absolute atomic E-state index is 0.134. The predicted octanol–water partition coefficient (Wildman–Crippen LogP) is 1.98. The number of aryl methyl sites for hydroxylation is 2. The van der Waals surface area contributed by atoms with E-state index in [2.05, 4.69) is 6.92 Å². The number of cyclic esters (lactones) is 1. The molecule has 1 heterocycles. The molecule has 1 fully saturated rings. The number of hydrogen-bond donors (Lipinski definition) is 1. The number of hydrogen-bond acceptors (Lipinski definition) is 3. The van der Waals surface area contributed by atoms with Crippen molar-refractivity contribution in [3.63, 3.8) is 0 Å². The van der Waals surface area contributed by atoms with Crippen LogP contribution in [0.15, 0.2) is 18.2 Å². The van der Waals surface area contributed by atoms with E-state index in [0.717, 1.165) is 12.1 Å². The standard InChI is InChI=1S/C13H18N2O2/c1-9-3-4-11(7-10(9)2)15-6-5-12(8-14)17-13(15)16/h3-4,7,12H,5-6,8,14H2,1-2H3. The normalized spacial score (nSPS) is 20.3. The zero-order valence-corrected chi connectivity index (χ0v) is 10.3. The zero-order valence-electron chi connectivity index (χ0n) is 10.3. The number of rotatable bonds is 2. The maximum absolute atomic E-state index is 11.8. The van der Waals surface area contributed by atoms with Crippen LogP contribution in [0.4, 0.5) is 10.5 Å². The molecule has 0 saturated carbocycles. The van der Waals surface area contributed by atoms with Crippen LogP contribution in [0.2, 0.25) is 0 Å². The topological polar surface area (TPSA) is 55.6 Å². The third-order valence-electron chi connectivity index (χ3n) is 3.23. The average molecular weight is 234 g/mol. The smallest absolute Gasteiger partial charge is 0.414 e. The summed E-state index contributed by atoms with van der Waals surface area (Å²) in [5.41, 5.74) is 8.79. The zero-order chi connectivity index (χ0) is 12.4. The first kappa shape index (κ1) is 11.9. The van der Waals surface area contributed by atoms with Crippen LogP contribution in [0.25, 0.3) is 0 Å². The van der Waals surface area contributed by atoms with Crippen LogP contribution < -0.4 is 10.6 Å². The molecule has 1 saturated heterocycles. The molecule has 2 N–H and O–H groups in total. The number of anilines is 1. The highest BCUT2D eigenvalue weighted by Gasteiger charge is 2.27. The van der Waals surface area contributed by atoms with E-state index in [0.29, 0.717) is 13.1 Å². The summed E-state index contributed by atoms with van der Waals surface area (Å²) in [6, 6.07) is 5.98. The Morgan fingerprint density at radius 1 is 1.41 bits per heavy atom. The molecule has 1 aliphatic rings. The predicted molar refractivity (Wildman–Crippen MR) is 67.2 cm³/mol. The molecule has 1 aromatic rings. The van der Waals surface area contributed by atoms with E-state index in [1.165, 1.54) is 11.1 Å². The highest BCUT2D eigenvalue weighted by Crippen LogP contribution is 2.23. The number of amides is 1. The van der Waals surface area contributed by atoms with Gasteiger partial charge in [0.1, 0.15) is 6.10 Å². The number of nitrogens with two attached hydrogens (primary N) is 1. The van der Waals surface area contributed by atoms with Crippen LogP contribution in [-0.2, 0) is 4.74 Å². The minimum Gasteiger partial charge on any atom is -0.444 e. The van der Waals surface area contributed by atoms with Gasteiger partial charge in [-0.2, -0.15) is 0 Å². The summed E-state index contributed by atoms with van der Waals surface area (Å²) in [5.74, 6) is 0. The quantitative estimate of drug-likeness (QED) is 0.851. The third-order valence-corrected chi connectivity index (χ3v) is 3.23. The Hall–Kier alpha value is -1.55. The van der Waals surface area contributed by atoms with Crippen molar-refractivity contribution in [2.45, 2.75) is 26.4 Å². The molecule has 4 heteroatoms. The highest BCUT2D eigenvalue weighted by molar-refractivity contribution is 5.88. The first-order chi connectivity index (χ1) is 8.11. The Morgan fingerprint density at radius 2 is 2.18 bits per heavy atom. The molecular weight excluding hydrogens is 216 g/mol. The highest BCUT2D eigenvalue weighted by atomic mass is 16.6. The van der Waals surface area contributed by atoms with Gasteiger partial charge in [-0.1, -0.05) is 6.07 Å². The molecule has 1 atom stereocenters. The van der Waals surface area contributed by atoms with Gasteiger partial charge in [0.05, 0.1) is 0 Å². The Labute approximate surface area is 101 Å². The van der Waals surface area contributed by atoms with Gasteiger partial charge in [0, 0.05) is 25.2 Å². The summed E-state index contributed by atoms with van der Waals surface area (Å²) < 4.78 is 5.23. The number of ether oxygens (including phenoxy) is 1. The fourth-order valence-corrected chi connectivity index (χ4v) is 1.92. The van der Waals surface area contributed by atoms with Crippen molar-refractivity contribution < 1.29 is 9.53 Å². The molecule has 0 aliphatic carbocycles. The second kappa shape index (κ2) is 4.75. The van der Waals surface area contributed by atoms with Crippen LogP contribution in [-0.4, -0.2) is 25.3 Å². The molecule has 1 unspecified atom stereocenters. The number of benzene rings is 1. The SMILES string of the molecule is Cc1ccc(N2CCC(CN)OC2=O)cc1C. The molecule has 1 aromatic carbocycles. The van der Waals surface area contributed by atoms with Crippen LogP contribution >= 0.6 is 0 Å². The Bertz CT molecular complexity index is 431. The summed E-state index contributed by atoms with van der Waals surface area (Å²) in [4.78, 5) is 13.5. The fraction of sp³-hybridized carbons (Fsp3) is 0.462. The van der Waals surface area contributed by atoms with Gasteiger partial charge in [-0.25, -0.2) is 4.79 Å². The van der Waals surface area contributed by atoms with E-state index in [1.807, 2.05) is 25.1 Å². The summed E-state index contributed by atoms with van der Waals surface area (Å²) in [7, 11) is 0. The van der Waals surface area contributed by atoms with Gasteiger partial charge in [-0.05, 0) is 37.1 Å². The minimum atomic E-state index is -0.296. The maximum atomic E-state index is 11.8. The van der Waals surface area contributed by atoms with Gasteiger partial charge in [0.15, 0.2) is 0 Å². The van der Waals surface area contributed by atoms with E-state index in [4.69, 9.17) is 10.5 Å². The second-order valence-electron chi connectivity index (χ2n) is 4.45. The van der Waals surface area contributed by atoms with Crippen molar-refractivity contribution in [1.82, 2.24) is 0 Å². The third kappa shape index (κ3) is 2.42. The first-order valence-electron chi connectivity index (χ1n) is 5.87. The molecular formula is C13H18N2O2. The first-order valence-corrected chi connectivity index (χ1v) is 5.87. The van der Waals surface area contributed by atoms with Crippen molar-refractivity contribution in [2.75, 3.05) is 18.0 Å². The van der Waals surface area contributed by atoms with Gasteiger partial charge >= 0.3 is 6.09 Å². The average Bonchev–Trinajstić information content (AvgIpc) is 2.32. The molecule has 1 amide bonds. The maximum Gasteiger partial charge on any atom is 0.414 e. The Balaban J connectivity index is 2.17. The van der Waals surface area contributed by atoms with Crippen molar-refractivity contribution in [2.24, 2.45) is 5.73 Å². The van der Waals surface area contributed by atoms with Crippen LogP contribution in [0.1, 0.15) is 17.5 Å². The fourth-order valence-electron chi connectivity index (χ4n) is 1.92.